The summed E-state index contributed by atoms with van der Waals surface area (Å²) in [5, 5.41) is 0. The number of anilines is 1. The van der Waals surface area contributed by atoms with Gasteiger partial charge in [0, 0.05) is 11.3 Å². The van der Waals surface area contributed by atoms with Crippen molar-refractivity contribution < 1.29 is 4.79 Å². The summed E-state index contributed by atoms with van der Waals surface area (Å²) in [6.07, 6.45) is 0.773. The van der Waals surface area contributed by atoms with Crippen molar-refractivity contribution in [3.05, 3.63) is 23.8 Å². The molecule has 0 unspecified atom stereocenters. The summed E-state index contributed by atoms with van der Waals surface area (Å²) >= 11 is 0. The molecule has 0 spiro atoms. The zero-order chi connectivity index (χ0) is 8.27. The Morgan fingerprint density at radius 1 is 1.55 bits per heavy atom. The summed E-state index contributed by atoms with van der Waals surface area (Å²) in [5.41, 5.74) is 7.88. The van der Waals surface area contributed by atoms with E-state index in [1.807, 2.05) is 12.1 Å². The van der Waals surface area contributed by atoms with Gasteiger partial charge in [0.05, 0.1) is 0 Å². The highest BCUT2D eigenvalue weighted by molar-refractivity contribution is 6.52. The number of benzene rings is 1. The third kappa shape index (κ3) is 1.61. The van der Waals surface area contributed by atoms with Gasteiger partial charge in [0.1, 0.15) is 0 Å². The highest BCUT2D eigenvalue weighted by Gasteiger charge is 1.97. The quantitative estimate of drug-likeness (QED) is 0.368. The van der Waals surface area contributed by atoms with Gasteiger partial charge in [0.2, 0.25) is 0 Å². The Bertz CT molecular complexity index is 273. The predicted molar refractivity (Wildman–Crippen MR) is 48.9 cm³/mol. The molecule has 0 saturated heterocycles. The molecule has 56 valence electrons. The molecule has 0 atom stereocenters. The van der Waals surface area contributed by atoms with Gasteiger partial charge in [-0.05, 0) is 6.07 Å². The SMILES string of the molecule is CBc1ccc(C=O)c(N)c1. The van der Waals surface area contributed by atoms with E-state index >= 15 is 0 Å². The van der Waals surface area contributed by atoms with Crippen LogP contribution in [0.2, 0.25) is 6.82 Å². The van der Waals surface area contributed by atoms with Crippen LogP contribution >= 0.6 is 0 Å². The minimum Gasteiger partial charge on any atom is -0.398 e. The zero-order valence-electron chi connectivity index (χ0n) is 6.50. The second-order valence-electron chi connectivity index (χ2n) is 2.43. The minimum atomic E-state index is 0.569. The summed E-state index contributed by atoms with van der Waals surface area (Å²) in [6, 6.07) is 5.50. The lowest BCUT2D eigenvalue weighted by molar-refractivity contribution is 0.112. The number of rotatable bonds is 2. The normalized spacial score (nSPS) is 9.18. The molecule has 0 aliphatic carbocycles. The summed E-state index contributed by atoms with van der Waals surface area (Å²) in [5.74, 6) is 0. The van der Waals surface area contributed by atoms with Crippen molar-refractivity contribution in [3.63, 3.8) is 0 Å². The smallest absolute Gasteiger partial charge is 0.154 e. The standard InChI is InChI=1S/C8H10BNO/c1-9-7-3-2-6(5-11)8(10)4-7/h2-5,9H,10H2,1H3. The van der Waals surface area contributed by atoms with Crippen LogP contribution in [0.3, 0.4) is 0 Å². The van der Waals surface area contributed by atoms with E-state index in [9.17, 15) is 4.79 Å². The second kappa shape index (κ2) is 3.24. The average Bonchev–Trinajstić information content (AvgIpc) is 2.04. The number of aldehydes is 1. The summed E-state index contributed by atoms with van der Waals surface area (Å²) in [4.78, 5) is 10.3. The van der Waals surface area contributed by atoms with Crippen LogP contribution in [0.1, 0.15) is 10.4 Å². The molecule has 3 heteroatoms. The van der Waals surface area contributed by atoms with Crippen LogP contribution in [0, 0.1) is 0 Å². The van der Waals surface area contributed by atoms with Crippen LogP contribution in [0.4, 0.5) is 5.69 Å². The van der Waals surface area contributed by atoms with E-state index in [4.69, 9.17) is 5.73 Å². The monoisotopic (exact) mass is 147 g/mol. The molecule has 0 radical (unpaired) electrons. The van der Waals surface area contributed by atoms with Gasteiger partial charge < -0.3 is 5.73 Å². The van der Waals surface area contributed by atoms with Crippen molar-refractivity contribution in [1.82, 2.24) is 0 Å². The highest BCUT2D eigenvalue weighted by Crippen LogP contribution is 2.04. The van der Waals surface area contributed by atoms with Gasteiger partial charge in [-0.25, -0.2) is 0 Å². The fraction of sp³-hybridized carbons (Fsp3) is 0.125. The Kier molecular flexibility index (Phi) is 2.31. The van der Waals surface area contributed by atoms with Gasteiger partial charge in [0.15, 0.2) is 13.6 Å². The first-order chi connectivity index (χ1) is 5.27. The Morgan fingerprint density at radius 2 is 2.27 bits per heavy atom. The largest absolute Gasteiger partial charge is 0.398 e. The molecule has 0 fully saturated rings. The number of hydrogen-bond donors (Lipinski definition) is 1. The van der Waals surface area contributed by atoms with Crippen molar-refractivity contribution in [2.45, 2.75) is 6.82 Å². The topological polar surface area (TPSA) is 43.1 Å². The van der Waals surface area contributed by atoms with Crippen LogP contribution in [0.15, 0.2) is 18.2 Å². The number of nitrogen functional groups attached to an aromatic ring is 1. The maximum Gasteiger partial charge on any atom is 0.154 e. The lowest BCUT2D eigenvalue weighted by Crippen LogP contribution is -2.11. The van der Waals surface area contributed by atoms with Crippen LogP contribution in [0.25, 0.3) is 0 Å². The number of hydrogen-bond acceptors (Lipinski definition) is 2. The van der Waals surface area contributed by atoms with E-state index < -0.39 is 0 Å². The minimum absolute atomic E-state index is 0.569. The zero-order valence-corrected chi connectivity index (χ0v) is 6.50. The number of carbonyl (C=O) groups is 1. The molecule has 0 heterocycles. The van der Waals surface area contributed by atoms with Gasteiger partial charge in [-0.2, -0.15) is 0 Å². The Balaban J connectivity index is 3.09. The Labute approximate surface area is 66.6 Å². The van der Waals surface area contributed by atoms with Crippen LogP contribution in [-0.2, 0) is 0 Å². The molecule has 0 aliphatic heterocycles. The third-order valence-electron chi connectivity index (χ3n) is 1.69. The molecule has 0 aliphatic rings. The molecule has 11 heavy (non-hydrogen) atoms. The van der Waals surface area contributed by atoms with E-state index in [0.29, 0.717) is 11.3 Å². The summed E-state index contributed by atoms with van der Waals surface area (Å²) in [7, 11) is 0.948. The molecule has 2 nitrogen and oxygen atoms in total. The Hall–Kier alpha value is -1.25. The van der Waals surface area contributed by atoms with Crippen LogP contribution in [-0.4, -0.2) is 13.6 Å². The second-order valence-corrected chi connectivity index (χ2v) is 2.43. The maximum absolute atomic E-state index is 10.3. The van der Waals surface area contributed by atoms with Crippen molar-refractivity contribution >= 4 is 24.7 Å². The lowest BCUT2D eigenvalue weighted by atomic mass is 9.73. The summed E-state index contributed by atoms with van der Waals surface area (Å²) in [6.45, 7) is 2.05. The molecule has 1 aromatic carbocycles. The van der Waals surface area contributed by atoms with Crippen molar-refractivity contribution in [2.24, 2.45) is 0 Å². The molecule has 2 N–H and O–H groups in total. The maximum atomic E-state index is 10.3. The van der Waals surface area contributed by atoms with Crippen molar-refractivity contribution in [3.8, 4) is 0 Å². The molecular weight excluding hydrogens is 137 g/mol. The van der Waals surface area contributed by atoms with Crippen LogP contribution < -0.4 is 11.2 Å². The van der Waals surface area contributed by atoms with E-state index in [1.165, 1.54) is 0 Å². The fourth-order valence-corrected chi connectivity index (χ4v) is 0.951. The first-order valence-electron chi connectivity index (χ1n) is 3.61. The third-order valence-corrected chi connectivity index (χ3v) is 1.69. The van der Waals surface area contributed by atoms with E-state index in [0.717, 1.165) is 19.0 Å². The molecule has 0 bridgehead atoms. The van der Waals surface area contributed by atoms with Gasteiger partial charge in [-0.3, -0.25) is 4.79 Å². The van der Waals surface area contributed by atoms with Gasteiger partial charge >= 0.3 is 0 Å². The molecular formula is C8H10BNO. The lowest BCUT2D eigenvalue weighted by Gasteiger charge is -1.99. The Morgan fingerprint density at radius 3 is 2.73 bits per heavy atom. The number of carbonyl (C=O) groups excluding carboxylic acids is 1. The van der Waals surface area contributed by atoms with Crippen molar-refractivity contribution in [1.29, 1.82) is 0 Å². The molecule has 0 saturated carbocycles. The van der Waals surface area contributed by atoms with Gasteiger partial charge in [0.25, 0.3) is 0 Å². The summed E-state index contributed by atoms with van der Waals surface area (Å²) < 4.78 is 0. The number of nitrogens with two attached hydrogens (primary N) is 1. The van der Waals surface area contributed by atoms with E-state index in [1.54, 1.807) is 6.07 Å². The fourth-order valence-electron chi connectivity index (χ4n) is 0.951. The van der Waals surface area contributed by atoms with Crippen LogP contribution in [0.5, 0.6) is 0 Å². The molecule has 0 amide bonds. The van der Waals surface area contributed by atoms with Crippen molar-refractivity contribution in [2.75, 3.05) is 5.73 Å². The first kappa shape index (κ1) is 7.86. The first-order valence-corrected chi connectivity index (χ1v) is 3.61. The highest BCUT2D eigenvalue weighted by atomic mass is 16.1. The van der Waals surface area contributed by atoms with Gasteiger partial charge in [-0.1, -0.05) is 24.4 Å². The predicted octanol–water partition coefficient (Wildman–Crippen LogP) is 0.191. The van der Waals surface area contributed by atoms with Gasteiger partial charge in [-0.15, -0.1) is 0 Å². The molecule has 0 aromatic heterocycles. The molecule has 1 aromatic rings. The van der Waals surface area contributed by atoms with E-state index in [-0.39, 0.29) is 0 Å². The van der Waals surface area contributed by atoms with E-state index in [2.05, 4.69) is 6.82 Å². The molecule has 1 rings (SSSR count). The average molecular weight is 147 g/mol.